The van der Waals surface area contributed by atoms with Gasteiger partial charge in [-0.05, 0) is 56.4 Å². The van der Waals surface area contributed by atoms with Gasteiger partial charge in [-0.3, -0.25) is 0 Å². The van der Waals surface area contributed by atoms with Gasteiger partial charge in [0.1, 0.15) is 0 Å². The first-order valence-electron chi connectivity index (χ1n) is 8.61. The van der Waals surface area contributed by atoms with Gasteiger partial charge in [-0.2, -0.15) is 0 Å². The maximum Gasteiger partial charge on any atom is 0.00684 e. The van der Waals surface area contributed by atoms with Crippen LogP contribution in [0.1, 0.15) is 65.7 Å². The lowest BCUT2D eigenvalue weighted by molar-refractivity contribution is 0.144. The Hall–Kier alpha value is -0.0800. The Balaban J connectivity index is 1.82. The van der Waals surface area contributed by atoms with Crippen LogP contribution in [0.5, 0.6) is 0 Å². The lowest BCUT2D eigenvalue weighted by atomic mass is 9.84. The third-order valence-corrected chi connectivity index (χ3v) is 4.61. The molecule has 2 saturated carbocycles. The molecule has 0 aliphatic heterocycles. The molecule has 1 atom stereocenters. The summed E-state index contributed by atoms with van der Waals surface area (Å²) in [4.78, 5) is 2.75. The van der Waals surface area contributed by atoms with Gasteiger partial charge in [-0.25, -0.2) is 0 Å². The number of rotatable bonds is 11. The highest BCUT2D eigenvalue weighted by Gasteiger charge is 2.31. The van der Waals surface area contributed by atoms with Crippen LogP contribution in [0.25, 0.3) is 0 Å². The van der Waals surface area contributed by atoms with Crippen LogP contribution in [0, 0.1) is 11.3 Å². The third kappa shape index (κ3) is 5.83. The van der Waals surface area contributed by atoms with E-state index in [2.05, 4.69) is 31.0 Å². The molecule has 112 valence electrons. The van der Waals surface area contributed by atoms with Crippen molar-refractivity contribution in [1.82, 2.24) is 10.2 Å². The maximum atomic E-state index is 3.77. The van der Waals surface area contributed by atoms with Crippen molar-refractivity contribution in [2.75, 3.05) is 26.2 Å². The molecule has 0 amide bonds. The Morgan fingerprint density at radius 1 is 1.11 bits per heavy atom. The number of nitrogens with zero attached hydrogens (tertiary/aromatic N) is 1. The summed E-state index contributed by atoms with van der Waals surface area (Å²) in [6.45, 7) is 12.3. The van der Waals surface area contributed by atoms with E-state index < -0.39 is 0 Å². The zero-order chi connectivity index (χ0) is 13.7. The standard InChI is InChI=1S/C17H34N2/c1-4-10-17(3,13-18-16-8-9-16)14-19(11-5-2)12-15-6-7-15/h15-16,18H,4-14H2,1-3H3. The molecule has 0 spiro atoms. The Labute approximate surface area is 120 Å². The zero-order valence-electron chi connectivity index (χ0n) is 13.4. The Kier molecular flexibility index (Phi) is 5.70. The van der Waals surface area contributed by atoms with E-state index in [0.29, 0.717) is 5.41 Å². The normalized spacial score (nSPS) is 22.7. The van der Waals surface area contributed by atoms with Gasteiger partial charge in [-0.1, -0.05) is 27.2 Å². The minimum atomic E-state index is 0.474. The van der Waals surface area contributed by atoms with E-state index in [9.17, 15) is 0 Å². The number of hydrogen-bond acceptors (Lipinski definition) is 2. The molecule has 19 heavy (non-hydrogen) atoms. The smallest absolute Gasteiger partial charge is 0.00684 e. The molecule has 2 heteroatoms. The summed E-state index contributed by atoms with van der Waals surface area (Å²) in [5.74, 6) is 1.02. The summed E-state index contributed by atoms with van der Waals surface area (Å²) in [6.07, 6.45) is 9.73. The summed E-state index contributed by atoms with van der Waals surface area (Å²) < 4.78 is 0. The van der Waals surface area contributed by atoms with Gasteiger partial charge in [0.2, 0.25) is 0 Å². The number of nitrogens with one attached hydrogen (secondary N) is 1. The van der Waals surface area contributed by atoms with Gasteiger partial charge < -0.3 is 10.2 Å². The molecule has 0 aromatic heterocycles. The summed E-state index contributed by atoms with van der Waals surface area (Å²) in [5, 5.41) is 3.77. The molecule has 0 heterocycles. The van der Waals surface area contributed by atoms with Crippen LogP contribution < -0.4 is 5.32 Å². The third-order valence-electron chi connectivity index (χ3n) is 4.61. The van der Waals surface area contributed by atoms with Gasteiger partial charge in [0.15, 0.2) is 0 Å². The molecule has 2 aliphatic rings. The van der Waals surface area contributed by atoms with E-state index in [-0.39, 0.29) is 0 Å². The average molecular weight is 266 g/mol. The van der Waals surface area contributed by atoms with Crippen LogP contribution in [0.3, 0.4) is 0 Å². The van der Waals surface area contributed by atoms with Crippen LogP contribution in [0.4, 0.5) is 0 Å². The van der Waals surface area contributed by atoms with Crippen LogP contribution in [-0.2, 0) is 0 Å². The van der Waals surface area contributed by atoms with Crippen molar-refractivity contribution in [2.45, 2.75) is 71.8 Å². The first-order valence-corrected chi connectivity index (χ1v) is 8.61. The van der Waals surface area contributed by atoms with Crippen molar-refractivity contribution in [3.8, 4) is 0 Å². The molecule has 1 unspecified atom stereocenters. The molecule has 1 N–H and O–H groups in total. The summed E-state index contributed by atoms with van der Waals surface area (Å²) in [5.41, 5.74) is 0.474. The average Bonchev–Trinajstić information content (AvgIpc) is 3.23. The molecule has 2 fully saturated rings. The lowest BCUT2D eigenvalue weighted by Crippen LogP contribution is -2.43. The Bertz CT molecular complexity index is 258. The monoisotopic (exact) mass is 266 g/mol. The fraction of sp³-hybridized carbons (Fsp3) is 1.00. The molecule has 0 aromatic rings. The van der Waals surface area contributed by atoms with Gasteiger partial charge in [0.05, 0.1) is 0 Å². The van der Waals surface area contributed by atoms with E-state index in [4.69, 9.17) is 0 Å². The SMILES string of the molecule is CCCN(CC1CC1)CC(C)(CCC)CNC1CC1. The zero-order valence-corrected chi connectivity index (χ0v) is 13.4. The van der Waals surface area contributed by atoms with Gasteiger partial charge in [0.25, 0.3) is 0 Å². The van der Waals surface area contributed by atoms with Crippen molar-refractivity contribution in [3.05, 3.63) is 0 Å². The molecule has 0 saturated heterocycles. The van der Waals surface area contributed by atoms with E-state index in [1.165, 1.54) is 71.1 Å². The topological polar surface area (TPSA) is 15.3 Å². The first-order chi connectivity index (χ1) is 9.15. The molecule has 2 nitrogen and oxygen atoms in total. The first kappa shape index (κ1) is 15.3. The van der Waals surface area contributed by atoms with Crippen molar-refractivity contribution >= 4 is 0 Å². The largest absolute Gasteiger partial charge is 0.313 e. The van der Waals surface area contributed by atoms with Crippen LogP contribution in [0.15, 0.2) is 0 Å². The Morgan fingerprint density at radius 3 is 2.37 bits per heavy atom. The second-order valence-electron chi connectivity index (χ2n) is 7.39. The predicted octanol–water partition coefficient (Wildman–Crippen LogP) is 3.67. The molecule has 0 radical (unpaired) electrons. The van der Waals surface area contributed by atoms with Gasteiger partial charge >= 0.3 is 0 Å². The van der Waals surface area contributed by atoms with Crippen LogP contribution >= 0.6 is 0 Å². The second kappa shape index (κ2) is 7.08. The van der Waals surface area contributed by atoms with E-state index >= 15 is 0 Å². The predicted molar refractivity (Wildman–Crippen MR) is 83.5 cm³/mol. The van der Waals surface area contributed by atoms with Crippen LogP contribution in [0.2, 0.25) is 0 Å². The van der Waals surface area contributed by atoms with Crippen molar-refractivity contribution in [1.29, 1.82) is 0 Å². The van der Waals surface area contributed by atoms with Crippen molar-refractivity contribution < 1.29 is 0 Å². The maximum absolute atomic E-state index is 3.77. The van der Waals surface area contributed by atoms with Gasteiger partial charge in [-0.15, -0.1) is 0 Å². The molecule has 0 aromatic carbocycles. The molecule has 0 bridgehead atoms. The fourth-order valence-corrected chi connectivity index (χ4v) is 3.26. The highest BCUT2D eigenvalue weighted by atomic mass is 15.1. The van der Waals surface area contributed by atoms with E-state index in [0.717, 1.165) is 12.0 Å². The minimum Gasteiger partial charge on any atom is -0.313 e. The van der Waals surface area contributed by atoms with E-state index in [1.54, 1.807) is 0 Å². The fourth-order valence-electron chi connectivity index (χ4n) is 3.26. The number of hydrogen-bond donors (Lipinski definition) is 1. The highest BCUT2D eigenvalue weighted by molar-refractivity contribution is 4.88. The van der Waals surface area contributed by atoms with Crippen molar-refractivity contribution in [3.63, 3.8) is 0 Å². The molecule has 2 rings (SSSR count). The molecule has 2 aliphatic carbocycles. The lowest BCUT2D eigenvalue weighted by Gasteiger charge is -2.36. The molecular weight excluding hydrogens is 232 g/mol. The second-order valence-corrected chi connectivity index (χ2v) is 7.39. The summed E-state index contributed by atoms with van der Waals surface area (Å²) >= 11 is 0. The molecular formula is C17H34N2. The highest BCUT2D eigenvalue weighted by Crippen LogP contribution is 2.32. The van der Waals surface area contributed by atoms with Crippen LogP contribution in [-0.4, -0.2) is 37.1 Å². The van der Waals surface area contributed by atoms with E-state index in [1.807, 2.05) is 0 Å². The minimum absolute atomic E-state index is 0.474. The van der Waals surface area contributed by atoms with Crippen molar-refractivity contribution in [2.24, 2.45) is 11.3 Å². The Morgan fingerprint density at radius 2 is 1.84 bits per heavy atom. The summed E-state index contributed by atoms with van der Waals surface area (Å²) in [7, 11) is 0. The quantitative estimate of drug-likeness (QED) is 0.614. The van der Waals surface area contributed by atoms with Gasteiger partial charge in [0, 0.05) is 25.7 Å². The summed E-state index contributed by atoms with van der Waals surface area (Å²) in [6, 6.07) is 0.847.